The fourth-order valence-electron chi connectivity index (χ4n) is 2.87. The van der Waals surface area contributed by atoms with Crippen molar-refractivity contribution >= 4 is 39.4 Å². The highest BCUT2D eigenvalue weighted by Gasteiger charge is 2.14. The molecule has 0 radical (unpaired) electrons. The van der Waals surface area contributed by atoms with Crippen molar-refractivity contribution in [3.8, 4) is 0 Å². The summed E-state index contributed by atoms with van der Waals surface area (Å²) in [5.74, 6) is -0.241. The van der Waals surface area contributed by atoms with E-state index in [-0.39, 0.29) is 12.5 Å². The molecule has 25 heavy (non-hydrogen) atoms. The third kappa shape index (κ3) is 3.09. The predicted octanol–water partition coefficient (Wildman–Crippen LogP) is 3.31. The zero-order valence-corrected chi connectivity index (χ0v) is 14.0. The second-order valence-electron chi connectivity index (χ2n) is 5.76. The molecule has 0 bridgehead atoms. The van der Waals surface area contributed by atoms with Crippen molar-refractivity contribution in [2.24, 2.45) is 0 Å². The Kier molecular flexibility index (Phi) is 4.13. The number of aliphatic hydroxyl groups excluding tert-OH is 1. The lowest BCUT2D eigenvalue weighted by molar-refractivity contribution is 0.0917. The third-order valence-corrected chi connectivity index (χ3v) is 4.71. The Morgan fingerprint density at radius 2 is 1.84 bits per heavy atom. The van der Waals surface area contributed by atoms with E-state index in [0.717, 1.165) is 33.6 Å². The highest BCUT2D eigenvalue weighted by molar-refractivity contribution is 7.00. The normalized spacial score (nSPS) is 12.4. The minimum Gasteiger partial charge on any atom is -0.387 e. The molecular formula is C19H15N3O2S. The molecule has 0 aliphatic carbocycles. The molecular weight excluding hydrogens is 334 g/mol. The molecule has 0 aliphatic rings. The lowest BCUT2D eigenvalue weighted by Gasteiger charge is -2.14. The van der Waals surface area contributed by atoms with E-state index >= 15 is 0 Å². The smallest absolute Gasteiger partial charge is 0.251 e. The molecule has 0 fully saturated rings. The molecule has 2 N–H and O–H groups in total. The molecule has 3 aromatic carbocycles. The molecule has 1 heterocycles. The van der Waals surface area contributed by atoms with Crippen LogP contribution >= 0.6 is 11.7 Å². The van der Waals surface area contributed by atoms with E-state index in [0.29, 0.717) is 11.1 Å². The minimum atomic E-state index is -0.778. The van der Waals surface area contributed by atoms with Crippen LogP contribution in [0.4, 0.5) is 0 Å². The molecule has 1 amide bonds. The van der Waals surface area contributed by atoms with Crippen molar-refractivity contribution in [3.05, 3.63) is 71.8 Å². The Hall–Kier alpha value is -2.83. The highest BCUT2D eigenvalue weighted by atomic mass is 32.1. The molecule has 1 aromatic heterocycles. The molecule has 0 aliphatic heterocycles. The number of hydrogen-bond donors (Lipinski definition) is 2. The van der Waals surface area contributed by atoms with Gasteiger partial charge in [0.05, 0.1) is 17.8 Å². The second kappa shape index (κ2) is 6.58. The third-order valence-electron chi connectivity index (χ3n) is 4.15. The van der Waals surface area contributed by atoms with Crippen LogP contribution in [-0.2, 0) is 0 Å². The van der Waals surface area contributed by atoms with Gasteiger partial charge in [0, 0.05) is 12.1 Å². The molecule has 6 heteroatoms. The lowest BCUT2D eigenvalue weighted by Crippen LogP contribution is -2.28. The van der Waals surface area contributed by atoms with Gasteiger partial charge >= 0.3 is 0 Å². The van der Waals surface area contributed by atoms with Crippen LogP contribution in [0.2, 0.25) is 0 Å². The van der Waals surface area contributed by atoms with Crippen LogP contribution in [0.25, 0.3) is 21.8 Å². The molecule has 0 unspecified atom stereocenters. The average molecular weight is 349 g/mol. The number of carbonyl (C=O) groups excluding carboxylic acids is 1. The first-order chi connectivity index (χ1) is 12.2. The lowest BCUT2D eigenvalue weighted by atomic mass is 10.0. The maximum atomic E-state index is 12.3. The summed E-state index contributed by atoms with van der Waals surface area (Å²) in [6.45, 7) is 0.139. The highest BCUT2D eigenvalue weighted by Crippen LogP contribution is 2.24. The van der Waals surface area contributed by atoms with E-state index in [1.54, 1.807) is 18.2 Å². The number of nitrogens with one attached hydrogen (secondary N) is 1. The van der Waals surface area contributed by atoms with E-state index in [4.69, 9.17) is 0 Å². The van der Waals surface area contributed by atoms with Crippen molar-refractivity contribution < 1.29 is 9.90 Å². The largest absolute Gasteiger partial charge is 0.387 e. The van der Waals surface area contributed by atoms with Crippen LogP contribution < -0.4 is 5.32 Å². The number of aliphatic hydroxyl groups is 1. The SMILES string of the molecule is O=C(NC[C@@H](O)c1cccc2ccccc12)c1ccc2nsnc2c1. The summed E-state index contributed by atoms with van der Waals surface area (Å²) in [5, 5.41) is 15.4. The topological polar surface area (TPSA) is 75.1 Å². The van der Waals surface area contributed by atoms with Crippen molar-refractivity contribution in [1.82, 2.24) is 14.1 Å². The van der Waals surface area contributed by atoms with Gasteiger partial charge in [0.2, 0.25) is 0 Å². The molecule has 4 rings (SSSR count). The predicted molar refractivity (Wildman–Crippen MR) is 98.7 cm³/mol. The van der Waals surface area contributed by atoms with E-state index < -0.39 is 6.10 Å². The van der Waals surface area contributed by atoms with Gasteiger partial charge in [-0.05, 0) is 34.5 Å². The summed E-state index contributed by atoms with van der Waals surface area (Å²) in [6, 6.07) is 18.9. The van der Waals surface area contributed by atoms with Crippen LogP contribution in [0.15, 0.2) is 60.7 Å². The van der Waals surface area contributed by atoms with Gasteiger partial charge in [-0.15, -0.1) is 0 Å². The van der Waals surface area contributed by atoms with E-state index in [1.165, 1.54) is 0 Å². The number of hydrogen-bond acceptors (Lipinski definition) is 5. The van der Waals surface area contributed by atoms with Crippen LogP contribution in [0.1, 0.15) is 22.0 Å². The maximum Gasteiger partial charge on any atom is 0.251 e. The summed E-state index contributed by atoms with van der Waals surface area (Å²) >= 11 is 1.12. The van der Waals surface area contributed by atoms with E-state index in [9.17, 15) is 9.90 Å². The summed E-state index contributed by atoms with van der Waals surface area (Å²) in [4.78, 5) is 12.3. The number of nitrogens with zero attached hydrogens (tertiary/aromatic N) is 2. The van der Waals surface area contributed by atoms with Gasteiger partial charge in [0.1, 0.15) is 11.0 Å². The van der Waals surface area contributed by atoms with Gasteiger partial charge in [-0.25, -0.2) is 0 Å². The van der Waals surface area contributed by atoms with Crippen molar-refractivity contribution in [3.63, 3.8) is 0 Å². The van der Waals surface area contributed by atoms with Gasteiger partial charge in [0.15, 0.2) is 0 Å². The van der Waals surface area contributed by atoms with Gasteiger partial charge in [0.25, 0.3) is 5.91 Å². The Morgan fingerprint density at radius 3 is 2.76 bits per heavy atom. The average Bonchev–Trinajstić information content (AvgIpc) is 3.13. The van der Waals surface area contributed by atoms with Crippen molar-refractivity contribution in [2.75, 3.05) is 6.54 Å². The van der Waals surface area contributed by atoms with Crippen LogP contribution in [0.3, 0.4) is 0 Å². The standard InChI is InChI=1S/C19H15N3O2S/c23-18(15-7-3-5-12-4-1-2-6-14(12)15)11-20-19(24)13-8-9-16-17(10-13)22-25-21-16/h1-10,18,23H,11H2,(H,20,24)/t18-/m1/s1. The van der Waals surface area contributed by atoms with Gasteiger partial charge in [-0.2, -0.15) is 8.75 Å². The summed E-state index contributed by atoms with van der Waals surface area (Å²) in [5.41, 5.74) is 2.78. The number of fused-ring (bicyclic) bond motifs is 2. The number of rotatable bonds is 4. The summed E-state index contributed by atoms with van der Waals surface area (Å²) in [6.07, 6.45) is -0.778. The number of benzene rings is 3. The molecule has 124 valence electrons. The Labute approximate surface area is 148 Å². The number of carbonyl (C=O) groups is 1. The Bertz CT molecular complexity index is 1060. The first-order valence-electron chi connectivity index (χ1n) is 7.88. The molecule has 0 spiro atoms. The van der Waals surface area contributed by atoms with Crippen LogP contribution in [0, 0.1) is 0 Å². The molecule has 4 aromatic rings. The first-order valence-corrected chi connectivity index (χ1v) is 8.61. The van der Waals surface area contributed by atoms with Crippen molar-refractivity contribution in [1.29, 1.82) is 0 Å². The molecule has 1 atom stereocenters. The quantitative estimate of drug-likeness (QED) is 0.593. The number of aromatic nitrogens is 2. The van der Waals surface area contributed by atoms with E-state index in [2.05, 4.69) is 14.1 Å². The van der Waals surface area contributed by atoms with Gasteiger partial charge in [-0.3, -0.25) is 4.79 Å². The molecule has 5 nitrogen and oxygen atoms in total. The number of amides is 1. The summed E-state index contributed by atoms with van der Waals surface area (Å²) < 4.78 is 8.26. The van der Waals surface area contributed by atoms with Gasteiger partial charge in [-0.1, -0.05) is 42.5 Å². The van der Waals surface area contributed by atoms with Crippen molar-refractivity contribution in [2.45, 2.75) is 6.10 Å². The fourth-order valence-corrected chi connectivity index (χ4v) is 3.38. The fraction of sp³-hybridized carbons (Fsp3) is 0.105. The summed E-state index contributed by atoms with van der Waals surface area (Å²) in [7, 11) is 0. The Morgan fingerprint density at radius 1 is 1.04 bits per heavy atom. The van der Waals surface area contributed by atoms with Crippen LogP contribution in [-0.4, -0.2) is 26.3 Å². The van der Waals surface area contributed by atoms with Gasteiger partial charge < -0.3 is 10.4 Å². The zero-order valence-electron chi connectivity index (χ0n) is 13.2. The van der Waals surface area contributed by atoms with E-state index in [1.807, 2.05) is 42.5 Å². The van der Waals surface area contributed by atoms with Crippen LogP contribution in [0.5, 0.6) is 0 Å². The first kappa shape index (κ1) is 15.7. The maximum absolute atomic E-state index is 12.3. The second-order valence-corrected chi connectivity index (χ2v) is 6.29. The minimum absolute atomic E-state index is 0.139. The molecule has 0 saturated carbocycles. The zero-order chi connectivity index (χ0) is 17.2. The molecule has 0 saturated heterocycles. The monoisotopic (exact) mass is 349 g/mol. The Balaban J connectivity index is 1.50.